The fourth-order valence-electron chi connectivity index (χ4n) is 4.85. The highest BCUT2D eigenvalue weighted by Gasteiger charge is 2.36. The lowest BCUT2D eigenvalue weighted by Crippen LogP contribution is -2.55. The van der Waals surface area contributed by atoms with Crippen LogP contribution in [0, 0.1) is 0 Å². The number of piperidine rings is 1. The number of pyridine rings is 1. The molecule has 1 unspecified atom stereocenters. The topological polar surface area (TPSA) is 103 Å². The van der Waals surface area contributed by atoms with Gasteiger partial charge in [-0.05, 0) is 63.7 Å². The number of rotatable bonds is 7. The number of nitrogens with zero attached hydrogens (tertiary/aromatic N) is 4. The summed E-state index contributed by atoms with van der Waals surface area (Å²) < 4.78 is 27.8. The van der Waals surface area contributed by atoms with E-state index in [-0.39, 0.29) is 34.4 Å². The molecule has 0 radical (unpaired) electrons. The zero-order valence-electron chi connectivity index (χ0n) is 18.1. The van der Waals surface area contributed by atoms with Crippen molar-refractivity contribution in [3.63, 3.8) is 0 Å². The van der Waals surface area contributed by atoms with E-state index in [1.54, 1.807) is 0 Å². The van der Waals surface area contributed by atoms with Gasteiger partial charge in [-0.25, -0.2) is 13.4 Å². The molecule has 11 heteroatoms. The van der Waals surface area contributed by atoms with Crippen molar-refractivity contribution in [2.45, 2.75) is 55.5 Å². The summed E-state index contributed by atoms with van der Waals surface area (Å²) in [4.78, 5) is 35.6. The summed E-state index contributed by atoms with van der Waals surface area (Å²) in [6.45, 7) is 4.25. The van der Waals surface area contributed by atoms with Crippen LogP contribution in [0.2, 0.25) is 5.15 Å². The smallest absolute Gasteiger partial charge is 0.242 e. The lowest BCUT2D eigenvalue weighted by Gasteiger charge is -2.34. The predicted octanol–water partition coefficient (Wildman–Crippen LogP) is 1.09. The van der Waals surface area contributed by atoms with E-state index in [4.69, 9.17) is 11.6 Å². The normalized spacial score (nSPS) is 25.0. The molecular formula is C21H30ClN5O4S. The van der Waals surface area contributed by atoms with Crippen molar-refractivity contribution in [3.8, 4) is 0 Å². The van der Waals surface area contributed by atoms with Gasteiger partial charge < -0.3 is 14.7 Å². The lowest BCUT2D eigenvalue weighted by molar-refractivity contribution is -0.143. The lowest BCUT2D eigenvalue weighted by atomic mass is 10.1. The molecule has 2 atom stereocenters. The van der Waals surface area contributed by atoms with Crippen molar-refractivity contribution < 1.29 is 18.0 Å². The molecule has 0 aliphatic carbocycles. The largest absolute Gasteiger partial charge is 0.337 e. The second kappa shape index (κ2) is 10.0. The number of carbonyl (C=O) groups excluding carboxylic acids is 2. The fourth-order valence-corrected chi connectivity index (χ4v) is 6.13. The minimum atomic E-state index is -3.92. The average molecular weight is 484 g/mol. The van der Waals surface area contributed by atoms with Gasteiger partial charge in [-0.15, -0.1) is 0 Å². The maximum Gasteiger partial charge on any atom is 0.242 e. The molecule has 4 heterocycles. The first kappa shape index (κ1) is 23.4. The van der Waals surface area contributed by atoms with Crippen molar-refractivity contribution in [2.75, 3.05) is 39.3 Å². The maximum atomic E-state index is 13.0. The van der Waals surface area contributed by atoms with Gasteiger partial charge in [0.2, 0.25) is 21.8 Å². The van der Waals surface area contributed by atoms with Gasteiger partial charge in [0.1, 0.15) is 16.1 Å². The molecule has 3 fully saturated rings. The van der Waals surface area contributed by atoms with Crippen LogP contribution in [0.25, 0.3) is 0 Å². The second-order valence-electron chi connectivity index (χ2n) is 8.78. The average Bonchev–Trinajstić information content (AvgIpc) is 3.44. The second-order valence-corrected chi connectivity index (χ2v) is 10.9. The molecule has 1 N–H and O–H groups in total. The van der Waals surface area contributed by atoms with E-state index in [0.717, 1.165) is 45.2 Å². The van der Waals surface area contributed by atoms with Crippen LogP contribution in [0.15, 0.2) is 23.2 Å². The molecule has 1 aromatic rings. The van der Waals surface area contributed by atoms with E-state index in [0.29, 0.717) is 19.4 Å². The summed E-state index contributed by atoms with van der Waals surface area (Å²) in [5.74, 6) is -0.407. The Hall–Kier alpha value is -1.75. The van der Waals surface area contributed by atoms with Crippen molar-refractivity contribution in [1.82, 2.24) is 24.4 Å². The Labute approximate surface area is 194 Å². The highest BCUT2D eigenvalue weighted by Crippen LogP contribution is 2.22. The Morgan fingerprint density at radius 2 is 1.84 bits per heavy atom. The quantitative estimate of drug-likeness (QED) is 0.582. The molecule has 0 saturated carbocycles. The number of amides is 2. The first-order valence-electron chi connectivity index (χ1n) is 11.3. The van der Waals surface area contributed by atoms with Gasteiger partial charge in [0.25, 0.3) is 0 Å². The number of sulfonamides is 1. The van der Waals surface area contributed by atoms with E-state index >= 15 is 0 Å². The molecule has 0 aromatic carbocycles. The highest BCUT2D eigenvalue weighted by molar-refractivity contribution is 7.89. The number of aromatic nitrogens is 1. The van der Waals surface area contributed by atoms with Crippen molar-refractivity contribution in [1.29, 1.82) is 0 Å². The summed E-state index contributed by atoms with van der Waals surface area (Å²) >= 11 is 5.73. The fraction of sp³-hybridized carbons (Fsp3) is 0.667. The van der Waals surface area contributed by atoms with Crippen molar-refractivity contribution in [3.05, 3.63) is 23.5 Å². The molecule has 0 bridgehead atoms. The third-order valence-corrected chi connectivity index (χ3v) is 8.21. The van der Waals surface area contributed by atoms with E-state index in [1.165, 1.54) is 29.9 Å². The van der Waals surface area contributed by atoms with Crippen LogP contribution in [-0.2, 0) is 19.6 Å². The van der Waals surface area contributed by atoms with E-state index in [9.17, 15) is 18.0 Å². The Balaban J connectivity index is 1.36. The molecule has 176 valence electrons. The number of likely N-dealkylation sites (tertiary alicyclic amines) is 3. The number of hydrogen-bond acceptors (Lipinski definition) is 6. The zero-order valence-corrected chi connectivity index (χ0v) is 19.7. The minimum Gasteiger partial charge on any atom is -0.337 e. The van der Waals surface area contributed by atoms with Crippen LogP contribution in [0.5, 0.6) is 0 Å². The molecule has 4 rings (SSSR count). The van der Waals surface area contributed by atoms with Crippen LogP contribution < -0.4 is 4.72 Å². The Morgan fingerprint density at radius 1 is 1.09 bits per heavy atom. The third kappa shape index (κ3) is 5.41. The van der Waals surface area contributed by atoms with E-state index < -0.39 is 16.1 Å². The molecule has 0 spiro atoms. The van der Waals surface area contributed by atoms with Gasteiger partial charge >= 0.3 is 0 Å². The van der Waals surface area contributed by atoms with Crippen LogP contribution in [0.4, 0.5) is 0 Å². The maximum absolute atomic E-state index is 13.0. The number of nitrogens with one attached hydrogen (secondary N) is 1. The summed E-state index contributed by atoms with van der Waals surface area (Å²) in [5, 5.41) is 0.187. The summed E-state index contributed by atoms with van der Waals surface area (Å²) in [6, 6.07) is 2.04. The first-order chi connectivity index (χ1) is 15.3. The molecule has 3 saturated heterocycles. The standard InChI is InChI=1S/C21H30ClN5O4S/c22-19-8-7-17(13-23-19)32(30,31)24-18-6-4-11-26(21(18)29)15-20(28)27-12-3-5-16(27)14-25-9-1-2-10-25/h7-8,13,16,18,24H,1-6,9-12,14-15H2/t16-,18?/m0/s1. The van der Waals surface area contributed by atoms with Crippen molar-refractivity contribution in [2.24, 2.45) is 0 Å². The molecular weight excluding hydrogens is 454 g/mol. The van der Waals surface area contributed by atoms with Crippen LogP contribution in [-0.4, -0.2) is 91.3 Å². The molecule has 3 aliphatic heterocycles. The van der Waals surface area contributed by atoms with E-state index in [2.05, 4.69) is 14.6 Å². The summed E-state index contributed by atoms with van der Waals surface area (Å²) in [7, 11) is -3.92. The van der Waals surface area contributed by atoms with Crippen LogP contribution in [0.1, 0.15) is 38.5 Å². The number of hydrogen-bond donors (Lipinski definition) is 1. The van der Waals surface area contributed by atoms with Gasteiger partial charge in [-0.3, -0.25) is 9.59 Å². The Morgan fingerprint density at radius 3 is 2.56 bits per heavy atom. The monoisotopic (exact) mass is 483 g/mol. The Bertz CT molecular complexity index is 936. The summed E-state index contributed by atoms with van der Waals surface area (Å²) in [6.07, 6.45) is 6.59. The third-order valence-electron chi connectivity index (χ3n) is 6.53. The van der Waals surface area contributed by atoms with Gasteiger partial charge in [0.15, 0.2) is 0 Å². The molecule has 2 amide bonds. The molecule has 3 aliphatic rings. The number of halogens is 1. The van der Waals surface area contributed by atoms with Crippen molar-refractivity contribution >= 4 is 33.4 Å². The SMILES string of the molecule is O=C1C(NS(=O)(=O)c2ccc(Cl)nc2)CCCN1CC(=O)N1CCC[C@H]1CN1CCCC1. The Kier molecular flexibility index (Phi) is 7.34. The van der Waals surface area contributed by atoms with Gasteiger partial charge in [0, 0.05) is 31.9 Å². The summed E-state index contributed by atoms with van der Waals surface area (Å²) in [5.41, 5.74) is 0. The van der Waals surface area contributed by atoms with Crippen LogP contribution in [0.3, 0.4) is 0 Å². The number of carbonyl (C=O) groups is 2. The highest BCUT2D eigenvalue weighted by atomic mass is 35.5. The first-order valence-corrected chi connectivity index (χ1v) is 13.1. The van der Waals surface area contributed by atoms with Gasteiger partial charge in [-0.1, -0.05) is 11.6 Å². The minimum absolute atomic E-state index is 0.00391. The molecule has 9 nitrogen and oxygen atoms in total. The van der Waals surface area contributed by atoms with Gasteiger partial charge in [-0.2, -0.15) is 4.72 Å². The molecule has 32 heavy (non-hydrogen) atoms. The predicted molar refractivity (Wildman–Crippen MR) is 120 cm³/mol. The van der Waals surface area contributed by atoms with Gasteiger partial charge in [0.05, 0.1) is 6.54 Å². The molecule has 1 aromatic heterocycles. The van der Waals surface area contributed by atoms with E-state index in [1.807, 2.05) is 4.90 Å². The zero-order chi connectivity index (χ0) is 22.7. The van der Waals surface area contributed by atoms with Crippen LogP contribution >= 0.6 is 11.6 Å².